The van der Waals surface area contributed by atoms with Gasteiger partial charge in [-0.1, -0.05) is 25.8 Å². The lowest BCUT2D eigenvalue weighted by molar-refractivity contribution is 0.348. The van der Waals surface area contributed by atoms with Crippen LogP contribution in [0.2, 0.25) is 0 Å². The third-order valence-electron chi connectivity index (χ3n) is 4.06. The number of benzene rings is 1. The third kappa shape index (κ3) is 3.21. The van der Waals surface area contributed by atoms with Crippen molar-refractivity contribution in [3.63, 3.8) is 0 Å². The van der Waals surface area contributed by atoms with Gasteiger partial charge in [-0.05, 0) is 43.0 Å². The van der Waals surface area contributed by atoms with Gasteiger partial charge in [0.15, 0.2) is 11.5 Å². The summed E-state index contributed by atoms with van der Waals surface area (Å²) in [5.41, 5.74) is 1.31. The van der Waals surface area contributed by atoms with Crippen LogP contribution < -0.4 is 14.8 Å². The molecule has 1 fully saturated rings. The smallest absolute Gasteiger partial charge is 0.161 e. The van der Waals surface area contributed by atoms with Crippen molar-refractivity contribution in [1.29, 1.82) is 0 Å². The number of nitrogens with one attached hydrogen (secondary N) is 1. The molecule has 0 aliphatic heterocycles. The van der Waals surface area contributed by atoms with E-state index in [1.165, 1.54) is 31.2 Å². The van der Waals surface area contributed by atoms with Crippen LogP contribution in [0.4, 0.5) is 0 Å². The molecule has 0 spiro atoms. The van der Waals surface area contributed by atoms with E-state index in [2.05, 4.69) is 24.4 Å². The fourth-order valence-corrected chi connectivity index (χ4v) is 3.11. The highest BCUT2D eigenvalue weighted by Gasteiger charge is 2.26. The zero-order valence-electron chi connectivity index (χ0n) is 12.2. The number of hydrogen-bond donors (Lipinski definition) is 1. The predicted octanol–water partition coefficient (Wildman–Crippen LogP) is 3.54. The van der Waals surface area contributed by atoms with Crippen molar-refractivity contribution in [2.75, 3.05) is 20.8 Å². The SMILES string of the molecule is CCNC(c1ccc(OC)c(OC)c1)C1CCCC1. The van der Waals surface area contributed by atoms with Crippen LogP contribution in [-0.2, 0) is 0 Å². The maximum Gasteiger partial charge on any atom is 0.161 e. The van der Waals surface area contributed by atoms with E-state index >= 15 is 0 Å². The van der Waals surface area contributed by atoms with Crippen LogP contribution in [0, 0.1) is 5.92 Å². The van der Waals surface area contributed by atoms with Gasteiger partial charge >= 0.3 is 0 Å². The fourth-order valence-electron chi connectivity index (χ4n) is 3.11. The van der Waals surface area contributed by atoms with Crippen molar-refractivity contribution in [2.45, 2.75) is 38.6 Å². The van der Waals surface area contributed by atoms with Gasteiger partial charge in [-0.25, -0.2) is 0 Å². The van der Waals surface area contributed by atoms with Crippen molar-refractivity contribution < 1.29 is 9.47 Å². The first-order chi connectivity index (χ1) is 9.30. The lowest BCUT2D eigenvalue weighted by Gasteiger charge is -2.25. The van der Waals surface area contributed by atoms with Crippen molar-refractivity contribution in [3.8, 4) is 11.5 Å². The highest BCUT2D eigenvalue weighted by molar-refractivity contribution is 5.44. The zero-order chi connectivity index (χ0) is 13.7. The summed E-state index contributed by atoms with van der Waals surface area (Å²) in [5, 5.41) is 3.63. The van der Waals surface area contributed by atoms with E-state index in [0.29, 0.717) is 6.04 Å². The molecule has 0 heterocycles. The summed E-state index contributed by atoms with van der Waals surface area (Å²) >= 11 is 0. The molecule has 1 aromatic carbocycles. The third-order valence-corrected chi connectivity index (χ3v) is 4.06. The minimum atomic E-state index is 0.437. The van der Waals surface area contributed by atoms with Crippen LogP contribution in [-0.4, -0.2) is 20.8 Å². The molecule has 0 radical (unpaired) electrons. The highest BCUT2D eigenvalue weighted by Crippen LogP contribution is 2.38. The van der Waals surface area contributed by atoms with Gasteiger partial charge in [0.25, 0.3) is 0 Å². The van der Waals surface area contributed by atoms with E-state index in [0.717, 1.165) is 24.0 Å². The second-order valence-corrected chi connectivity index (χ2v) is 5.19. The molecule has 1 N–H and O–H groups in total. The van der Waals surface area contributed by atoms with Crippen LogP contribution in [0.5, 0.6) is 11.5 Å². The van der Waals surface area contributed by atoms with Crippen molar-refractivity contribution in [1.82, 2.24) is 5.32 Å². The molecule has 1 atom stereocenters. The predicted molar refractivity (Wildman–Crippen MR) is 77.9 cm³/mol. The molecule has 106 valence electrons. The molecule has 19 heavy (non-hydrogen) atoms. The van der Waals surface area contributed by atoms with E-state index < -0.39 is 0 Å². The molecule has 0 amide bonds. The lowest BCUT2D eigenvalue weighted by atomic mass is 9.91. The Morgan fingerprint density at radius 1 is 1.16 bits per heavy atom. The maximum atomic E-state index is 5.42. The van der Waals surface area contributed by atoms with Gasteiger partial charge in [-0.15, -0.1) is 0 Å². The van der Waals surface area contributed by atoms with Crippen LogP contribution in [0.15, 0.2) is 18.2 Å². The summed E-state index contributed by atoms with van der Waals surface area (Å²) in [7, 11) is 3.37. The van der Waals surface area contributed by atoms with Gasteiger partial charge in [0.05, 0.1) is 14.2 Å². The lowest BCUT2D eigenvalue weighted by Crippen LogP contribution is -2.26. The van der Waals surface area contributed by atoms with Gasteiger partial charge in [-0.2, -0.15) is 0 Å². The van der Waals surface area contributed by atoms with Crippen LogP contribution in [0.3, 0.4) is 0 Å². The molecule has 1 unspecified atom stereocenters. The average Bonchev–Trinajstić information content (AvgIpc) is 2.98. The minimum absolute atomic E-state index is 0.437. The molecular formula is C16H25NO2. The minimum Gasteiger partial charge on any atom is -0.493 e. The van der Waals surface area contributed by atoms with E-state index in [9.17, 15) is 0 Å². The quantitative estimate of drug-likeness (QED) is 0.851. The van der Waals surface area contributed by atoms with Crippen LogP contribution >= 0.6 is 0 Å². The van der Waals surface area contributed by atoms with Crippen LogP contribution in [0.25, 0.3) is 0 Å². The first-order valence-corrected chi connectivity index (χ1v) is 7.25. The first-order valence-electron chi connectivity index (χ1n) is 7.25. The van der Waals surface area contributed by atoms with E-state index in [4.69, 9.17) is 9.47 Å². The Morgan fingerprint density at radius 3 is 2.42 bits per heavy atom. The summed E-state index contributed by atoms with van der Waals surface area (Å²) in [5.74, 6) is 2.37. The van der Waals surface area contributed by atoms with E-state index in [-0.39, 0.29) is 0 Å². The normalized spacial score (nSPS) is 17.4. The maximum absolute atomic E-state index is 5.42. The second kappa shape index (κ2) is 6.80. The molecule has 1 aromatic rings. The van der Waals surface area contributed by atoms with Gasteiger partial charge in [0, 0.05) is 6.04 Å². The summed E-state index contributed by atoms with van der Waals surface area (Å²) in [6.45, 7) is 3.16. The second-order valence-electron chi connectivity index (χ2n) is 5.19. The van der Waals surface area contributed by atoms with E-state index in [1.807, 2.05) is 6.07 Å². The van der Waals surface area contributed by atoms with Crippen LogP contribution in [0.1, 0.15) is 44.2 Å². The molecule has 1 aliphatic carbocycles. The van der Waals surface area contributed by atoms with Crippen molar-refractivity contribution in [2.24, 2.45) is 5.92 Å². The molecule has 0 saturated heterocycles. The van der Waals surface area contributed by atoms with Gasteiger partial charge in [0.2, 0.25) is 0 Å². The Balaban J connectivity index is 2.25. The first kappa shape index (κ1) is 14.2. The molecule has 2 rings (SSSR count). The molecule has 0 bridgehead atoms. The largest absolute Gasteiger partial charge is 0.493 e. The molecule has 3 heteroatoms. The zero-order valence-corrected chi connectivity index (χ0v) is 12.2. The average molecular weight is 263 g/mol. The standard InChI is InChI=1S/C16H25NO2/c1-4-17-16(12-7-5-6-8-12)13-9-10-14(18-2)15(11-13)19-3/h9-12,16-17H,4-8H2,1-3H3. The van der Waals surface area contributed by atoms with E-state index in [1.54, 1.807) is 14.2 Å². The Bertz CT molecular complexity index is 400. The molecular weight excluding hydrogens is 238 g/mol. The van der Waals surface area contributed by atoms with Gasteiger partial charge in [-0.3, -0.25) is 0 Å². The Morgan fingerprint density at radius 2 is 1.84 bits per heavy atom. The Labute approximate surface area is 116 Å². The van der Waals surface area contributed by atoms with Crippen molar-refractivity contribution in [3.05, 3.63) is 23.8 Å². The number of ether oxygens (including phenoxy) is 2. The number of methoxy groups -OCH3 is 2. The Hall–Kier alpha value is -1.22. The number of rotatable bonds is 6. The number of hydrogen-bond acceptors (Lipinski definition) is 3. The van der Waals surface area contributed by atoms with Crippen molar-refractivity contribution >= 4 is 0 Å². The summed E-state index contributed by atoms with van der Waals surface area (Å²) in [4.78, 5) is 0. The van der Waals surface area contributed by atoms with Gasteiger partial charge in [0.1, 0.15) is 0 Å². The van der Waals surface area contributed by atoms with Gasteiger partial charge < -0.3 is 14.8 Å². The summed E-state index contributed by atoms with van der Waals surface area (Å²) in [6, 6.07) is 6.72. The summed E-state index contributed by atoms with van der Waals surface area (Å²) < 4.78 is 10.7. The monoisotopic (exact) mass is 263 g/mol. The Kier molecular flexibility index (Phi) is 5.08. The summed E-state index contributed by atoms with van der Waals surface area (Å²) in [6.07, 6.45) is 5.37. The molecule has 1 saturated carbocycles. The highest BCUT2D eigenvalue weighted by atomic mass is 16.5. The molecule has 3 nitrogen and oxygen atoms in total. The molecule has 1 aliphatic rings. The topological polar surface area (TPSA) is 30.5 Å². The molecule has 0 aromatic heterocycles. The fraction of sp³-hybridized carbons (Fsp3) is 0.625.